The molecule has 0 atom stereocenters. The van der Waals surface area contributed by atoms with Gasteiger partial charge in [0.05, 0.1) is 13.1 Å². The highest BCUT2D eigenvalue weighted by molar-refractivity contribution is 7.89. The lowest BCUT2D eigenvalue weighted by Gasteiger charge is -2.11. The Hall–Kier alpha value is -2.89. The average molecular weight is 374 g/mol. The van der Waals surface area contributed by atoms with E-state index in [1.54, 1.807) is 24.3 Å². The van der Waals surface area contributed by atoms with Crippen LogP contribution in [0.2, 0.25) is 0 Å². The van der Waals surface area contributed by atoms with E-state index in [9.17, 15) is 17.6 Å². The van der Waals surface area contributed by atoms with Crippen LogP contribution in [0, 0.1) is 17.7 Å². The number of nitrogens with one attached hydrogen (secondary N) is 1. The van der Waals surface area contributed by atoms with Crippen LogP contribution in [0.5, 0.6) is 0 Å². The summed E-state index contributed by atoms with van der Waals surface area (Å²) in [5.41, 5.74) is 1.37. The van der Waals surface area contributed by atoms with Crippen LogP contribution < -0.4 is 9.62 Å². The zero-order valence-corrected chi connectivity index (χ0v) is 14.4. The highest BCUT2D eigenvalue weighted by Crippen LogP contribution is 2.18. The first-order chi connectivity index (χ1) is 12.5. The van der Waals surface area contributed by atoms with E-state index >= 15 is 0 Å². The van der Waals surface area contributed by atoms with Crippen molar-refractivity contribution in [3.8, 4) is 11.8 Å². The first kappa shape index (κ1) is 17.9. The molecule has 0 radical (unpaired) electrons. The molecule has 0 aliphatic carbocycles. The van der Waals surface area contributed by atoms with Gasteiger partial charge in [0, 0.05) is 11.3 Å². The maximum atomic E-state index is 13.6. The second kappa shape index (κ2) is 7.56. The van der Waals surface area contributed by atoms with Gasteiger partial charge in [0.2, 0.25) is 10.0 Å². The standard InChI is InChI=1S/C18H15FN2O4S/c19-16-5-1-2-6-17(16)26(23,24)20-11-3-4-14-7-9-15(10-8-14)21-12-13-25-18(21)22/h1-2,5-10,20H,11-13H2. The second-order valence-electron chi connectivity index (χ2n) is 5.37. The summed E-state index contributed by atoms with van der Waals surface area (Å²) < 4.78 is 44.7. The minimum absolute atomic E-state index is 0.156. The Balaban J connectivity index is 1.62. The number of nitrogens with zero attached hydrogens (tertiary/aromatic N) is 1. The van der Waals surface area contributed by atoms with Gasteiger partial charge >= 0.3 is 6.09 Å². The lowest BCUT2D eigenvalue weighted by Crippen LogP contribution is -2.24. The number of amides is 1. The Kier molecular flexibility index (Phi) is 5.21. The summed E-state index contributed by atoms with van der Waals surface area (Å²) in [5.74, 6) is 4.67. The van der Waals surface area contributed by atoms with Crippen molar-refractivity contribution in [2.45, 2.75) is 4.90 Å². The van der Waals surface area contributed by atoms with Gasteiger partial charge in [0.25, 0.3) is 0 Å². The number of anilines is 1. The van der Waals surface area contributed by atoms with E-state index in [4.69, 9.17) is 4.74 Å². The Morgan fingerprint density at radius 3 is 2.54 bits per heavy atom. The molecule has 1 amide bonds. The summed E-state index contributed by atoms with van der Waals surface area (Å²) in [5, 5.41) is 0. The van der Waals surface area contributed by atoms with E-state index in [-0.39, 0.29) is 12.6 Å². The average Bonchev–Trinajstić information content (AvgIpc) is 3.05. The first-order valence-electron chi connectivity index (χ1n) is 7.75. The van der Waals surface area contributed by atoms with E-state index in [2.05, 4.69) is 16.6 Å². The number of benzene rings is 2. The molecule has 6 nitrogen and oxygen atoms in total. The molecule has 3 rings (SSSR count). The van der Waals surface area contributed by atoms with E-state index in [0.717, 1.165) is 6.07 Å². The number of cyclic esters (lactones) is 1. The van der Waals surface area contributed by atoms with Crippen molar-refractivity contribution in [1.82, 2.24) is 4.72 Å². The number of hydrogen-bond acceptors (Lipinski definition) is 4. The third-order valence-corrected chi connectivity index (χ3v) is 5.08. The molecule has 26 heavy (non-hydrogen) atoms. The maximum absolute atomic E-state index is 13.6. The zero-order chi connectivity index (χ0) is 18.6. The molecular weight excluding hydrogens is 359 g/mol. The molecule has 8 heteroatoms. The van der Waals surface area contributed by atoms with Gasteiger partial charge in [0.15, 0.2) is 0 Å². The van der Waals surface area contributed by atoms with Crippen molar-refractivity contribution in [1.29, 1.82) is 0 Å². The van der Waals surface area contributed by atoms with Crippen LogP contribution in [0.25, 0.3) is 0 Å². The molecule has 1 heterocycles. The predicted octanol–water partition coefficient (Wildman–Crippen LogP) is 2.11. The molecule has 1 saturated heterocycles. The van der Waals surface area contributed by atoms with Crippen LogP contribution in [0.15, 0.2) is 53.4 Å². The van der Waals surface area contributed by atoms with Crippen molar-refractivity contribution >= 4 is 21.8 Å². The fraction of sp³-hybridized carbons (Fsp3) is 0.167. The summed E-state index contributed by atoms with van der Waals surface area (Å²) >= 11 is 0. The van der Waals surface area contributed by atoms with Gasteiger partial charge in [-0.1, -0.05) is 24.0 Å². The van der Waals surface area contributed by atoms with Crippen molar-refractivity contribution in [2.24, 2.45) is 0 Å². The maximum Gasteiger partial charge on any atom is 0.414 e. The van der Waals surface area contributed by atoms with E-state index in [1.165, 1.54) is 23.1 Å². The monoisotopic (exact) mass is 374 g/mol. The molecule has 1 N–H and O–H groups in total. The van der Waals surface area contributed by atoms with Crippen molar-refractivity contribution in [3.63, 3.8) is 0 Å². The minimum atomic E-state index is -3.95. The Morgan fingerprint density at radius 2 is 1.88 bits per heavy atom. The van der Waals surface area contributed by atoms with Gasteiger partial charge in [-0.2, -0.15) is 4.72 Å². The minimum Gasteiger partial charge on any atom is -0.447 e. The molecule has 2 aromatic carbocycles. The Bertz CT molecular complexity index is 978. The highest BCUT2D eigenvalue weighted by atomic mass is 32.2. The first-order valence-corrected chi connectivity index (χ1v) is 9.23. The summed E-state index contributed by atoms with van der Waals surface area (Å²) in [4.78, 5) is 12.6. The van der Waals surface area contributed by atoms with Gasteiger partial charge in [-0.05, 0) is 36.4 Å². The van der Waals surface area contributed by atoms with Crippen LogP contribution in [0.3, 0.4) is 0 Å². The SMILES string of the molecule is O=C1OCCN1c1ccc(C#CCNS(=O)(=O)c2ccccc2F)cc1. The van der Waals surface area contributed by atoms with Crippen LogP contribution in [-0.4, -0.2) is 34.2 Å². The Labute approximate surface area is 150 Å². The van der Waals surface area contributed by atoms with Gasteiger partial charge in [0.1, 0.15) is 17.3 Å². The number of sulfonamides is 1. The third-order valence-electron chi connectivity index (χ3n) is 3.65. The molecule has 134 valence electrons. The van der Waals surface area contributed by atoms with Crippen LogP contribution >= 0.6 is 0 Å². The topological polar surface area (TPSA) is 75.7 Å². The molecular formula is C18H15FN2O4S. The Morgan fingerprint density at radius 1 is 1.15 bits per heavy atom. The predicted molar refractivity (Wildman–Crippen MR) is 93.6 cm³/mol. The molecule has 1 fully saturated rings. The largest absolute Gasteiger partial charge is 0.447 e. The lowest BCUT2D eigenvalue weighted by molar-refractivity contribution is 0.181. The van der Waals surface area contributed by atoms with Crippen molar-refractivity contribution in [3.05, 3.63) is 59.9 Å². The molecule has 0 bridgehead atoms. The lowest BCUT2D eigenvalue weighted by atomic mass is 10.2. The second-order valence-corrected chi connectivity index (χ2v) is 7.11. The van der Waals surface area contributed by atoms with Crippen LogP contribution in [0.4, 0.5) is 14.9 Å². The summed E-state index contributed by atoms with van der Waals surface area (Å²) in [6.07, 6.45) is -0.383. The molecule has 1 aliphatic rings. The van der Waals surface area contributed by atoms with Crippen LogP contribution in [-0.2, 0) is 14.8 Å². The molecule has 0 spiro atoms. The summed E-state index contributed by atoms with van der Waals surface area (Å²) in [7, 11) is -3.95. The van der Waals surface area contributed by atoms with E-state index < -0.39 is 20.7 Å². The molecule has 0 aromatic heterocycles. The molecule has 2 aromatic rings. The van der Waals surface area contributed by atoms with Crippen molar-refractivity contribution < 1.29 is 22.3 Å². The van der Waals surface area contributed by atoms with Gasteiger partial charge in [-0.25, -0.2) is 17.6 Å². The summed E-state index contributed by atoms with van der Waals surface area (Å²) in [6.45, 7) is 0.709. The van der Waals surface area contributed by atoms with Gasteiger partial charge < -0.3 is 4.74 Å². The summed E-state index contributed by atoms with van der Waals surface area (Å²) in [6, 6.07) is 12.0. The molecule has 1 aliphatic heterocycles. The quantitative estimate of drug-likeness (QED) is 0.832. The van der Waals surface area contributed by atoms with E-state index in [1.807, 2.05) is 0 Å². The number of halogens is 1. The molecule has 0 unspecified atom stereocenters. The number of ether oxygens (including phenoxy) is 1. The smallest absolute Gasteiger partial charge is 0.414 e. The number of carbonyl (C=O) groups is 1. The molecule has 0 saturated carbocycles. The fourth-order valence-electron chi connectivity index (χ4n) is 2.37. The highest BCUT2D eigenvalue weighted by Gasteiger charge is 2.23. The van der Waals surface area contributed by atoms with Gasteiger partial charge in [-0.15, -0.1) is 0 Å². The van der Waals surface area contributed by atoms with Crippen LogP contribution in [0.1, 0.15) is 5.56 Å². The van der Waals surface area contributed by atoms with Gasteiger partial charge in [-0.3, -0.25) is 4.90 Å². The fourth-order valence-corrected chi connectivity index (χ4v) is 3.37. The van der Waals surface area contributed by atoms with E-state index in [0.29, 0.717) is 24.4 Å². The normalized spacial score (nSPS) is 13.9. The number of rotatable bonds is 4. The number of carbonyl (C=O) groups excluding carboxylic acids is 1. The third kappa shape index (κ3) is 4.02. The number of hydrogen-bond donors (Lipinski definition) is 1. The zero-order valence-electron chi connectivity index (χ0n) is 13.6. The van der Waals surface area contributed by atoms with Crippen molar-refractivity contribution in [2.75, 3.05) is 24.6 Å².